The number of rotatable bonds is 0. The maximum Gasteiger partial charge on any atom is 0.417 e. The van der Waals surface area contributed by atoms with Crippen molar-refractivity contribution in [3.63, 3.8) is 0 Å². The van der Waals surface area contributed by atoms with Crippen LogP contribution in [-0.4, -0.2) is 4.98 Å². The number of nitrogens with zero attached hydrogens (tertiary/aromatic N) is 2. The molecule has 0 saturated heterocycles. The first kappa shape index (κ1) is 11.5. The van der Waals surface area contributed by atoms with Gasteiger partial charge in [-0.1, -0.05) is 0 Å². The topological polar surface area (TPSA) is 36.7 Å². The SMILES string of the molecule is N#Cc1c(C(F)(F)F)cc(Br)nc1Br. The molecule has 2 nitrogen and oxygen atoms in total. The zero-order valence-corrected chi connectivity index (χ0v) is 9.53. The molecule has 0 aromatic carbocycles. The van der Waals surface area contributed by atoms with Crippen LogP contribution in [0.5, 0.6) is 0 Å². The largest absolute Gasteiger partial charge is 0.417 e. The number of hydrogen-bond acceptors (Lipinski definition) is 2. The van der Waals surface area contributed by atoms with Crippen LogP contribution in [0.1, 0.15) is 11.1 Å². The molecule has 0 radical (unpaired) electrons. The third-order valence-corrected chi connectivity index (χ3v) is 2.34. The molecule has 0 aliphatic carbocycles. The van der Waals surface area contributed by atoms with Crippen LogP contribution in [0.25, 0.3) is 0 Å². The van der Waals surface area contributed by atoms with E-state index in [9.17, 15) is 13.2 Å². The van der Waals surface area contributed by atoms with Gasteiger partial charge in [-0.2, -0.15) is 18.4 Å². The molecule has 0 bridgehead atoms. The Bertz CT molecular complexity index is 409. The van der Waals surface area contributed by atoms with Crippen molar-refractivity contribution >= 4 is 31.9 Å². The number of aromatic nitrogens is 1. The zero-order chi connectivity index (χ0) is 10.9. The molecule has 1 heterocycles. The summed E-state index contributed by atoms with van der Waals surface area (Å²) in [6.07, 6.45) is -4.56. The Morgan fingerprint density at radius 2 is 1.93 bits per heavy atom. The minimum absolute atomic E-state index is 0.0238. The van der Waals surface area contributed by atoms with Gasteiger partial charge >= 0.3 is 6.18 Å². The summed E-state index contributed by atoms with van der Waals surface area (Å²) in [6.45, 7) is 0. The van der Waals surface area contributed by atoms with Gasteiger partial charge < -0.3 is 0 Å². The summed E-state index contributed by atoms with van der Waals surface area (Å²) in [5.74, 6) is 0. The van der Waals surface area contributed by atoms with Crippen LogP contribution in [0.3, 0.4) is 0 Å². The Morgan fingerprint density at radius 3 is 2.36 bits per heavy atom. The number of nitriles is 1. The van der Waals surface area contributed by atoms with Crippen molar-refractivity contribution in [2.24, 2.45) is 0 Å². The second-order valence-corrected chi connectivity index (χ2v) is 3.83. The van der Waals surface area contributed by atoms with Crippen molar-refractivity contribution < 1.29 is 13.2 Å². The number of halogens is 5. The predicted octanol–water partition coefficient (Wildman–Crippen LogP) is 3.50. The summed E-state index contributed by atoms with van der Waals surface area (Å²) in [5, 5.41) is 8.52. The van der Waals surface area contributed by atoms with Crippen molar-refractivity contribution in [2.75, 3.05) is 0 Å². The highest BCUT2D eigenvalue weighted by Gasteiger charge is 2.35. The molecular weight excluding hydrogens is 329 g/mol. The summed E-state index contributed by atoms with van der Waals surface area (Å²) < 4.78 is 37.0. The van der Waals surface area contributed by atoms with Gasteiger partial charge in [0.1, 0.15) is 15.3 Å². The fourth-order valence-electron chi connectivity index (χ4n) is 0.814. The lowest BCUT2D eigenvalue weighted by Gasteiger charge is -2.09. The monoisotopic (exact) mass is 328 g/mol. The van der Waals surface area contributed by atoms with Crippen LogP contribution in [0, 0.1) is 11.3 Å². The molecule has 74 valence electrons. The third-order valence-electron chi connectivity index (χ3n) is 1.36. The average molecular weight is 330 g/mol. The number of alkyl halides is 3. The van der Waals surface area contributed by atoms with Gasteiger partial charge in [0.2, 0.25) is 0 Å². The van der Waals surface area contributed by atoms with E-state index in [0.29, 0.717) is 0 Å². The van der Waals surface area contributed by atoms with Crippen LogP contribution in [0.15, 0.2) is 15.3 Å². The smallest absolute Gasteiger partial charge is 0.233 e. The zero-order valence-electron chi connectivity index (χ0n) is 6.36. The molecule has 0 unspecified atom stereocenters. The summed E-state index contributed by atoms with van der Waals surface area (Å²) in [5.41, 5.74) is -1.52. The summed E-state index contributed by atoms with van der Waals surface area (Å²) in [6, 6.07) is 2.21. The van der Waals surface area contributed by atoms with Gasteiger partial charge in [-0.3, -0.25) is 0 Å². The highest BCUT2D eigenvalue weighted by atomic mass is 79.9. The molecule has 0 saturated carbocycles. The van der Waals surface area contributed by atoms with Gasteiger partial charge in [-0.05, 0) is 37.9 Å². The second kappa shape index (κ2) is 3.87. The standard InChI is InChI=1S/C7HBr2F3N2/c8-5-1-4(7(10,11)12)3(2-13)6(9)14-5/h1H. The van der Waals surface area contributed by atoms with E-state index in [2.05, 4.69) is 36.8 Å². The Balaban J connectivity index is 3.50. The summed E-state index contributed by atoms with van der Waals surface area (Å²) in [4.78, 5) is 3.63. The molecule has 0 fully saturated rings. The Labute approximate surface area is 94.0 Å². The maximum atomic E-state index is 12.4. The molecule has 0 amide bonds. The van der Waals surface area contributed by atoms with Crippen molar-refractivity contribution in [3.8, 4) is 6.07 Å². The lowest BCUT2D eigenvalue weighted by atomic mass is 10.1. The van der Waals surface area contributed by atoms with E-state index in [0.717, 1.165) is 6.07 Å². The lowest BCUT2D eigenvalue weighted by molar-refractivity contribution is -0.137. The van der Waals surface area contributed by atoms with E-state index in [-0.39, 0.29) is 9.21 Å². The molecule has 0 N–H and O–H groups in total. The molecule has 7 heteroatoms. The predicted molar refractivity (Wildman–Crippen MR) is 49.4 cm³/mol. The molecule has 0 spiro atoms. The molecule has 0 aliphatic heterocycles. The van der Waals surface area contributed by atoms with Gasteiger partial charge in [0.25, 0.3) is 0 Å². The van der Waals surface area contributed by atoms with Crippen molar-refractivity contribution in [1.82, 2.24) is 4.98 Å². The van der Waals surface area contributed by atoms with Gasteiger partial charge in [0.15, 0.2) is 0 Å². The van der Waals surface area contributed by atoms with E-state index in [1.165, 1.54) is 6.07 Å². The van der Waals surface area contributed by atoms with Gasteiger partial charge in [-0.25, -0.2) is 4.98 Å². The molecular formula is C7HBr2F3N2. The van der Waals surface area contributed by atoms with Crippen LogP contribution < -0.4 is 0 Å². The molecule has 14 heavy (non-hydrogen) atoms. The minimum atomic E-state index is -4.56. The molecule has 0 aliphatic rings. The fourth-order valence-corrected chi connectivity index (χ4v) is 1.95. The maximum absolute atomic E-state index is 12.4. The third kappa shape index (κ3) is 2.25. The van der Waals surface area contributed by atoms with E-state index in [1.807, 2.05) is 0 Å². The van der Waals surface area contributed by atoms with E-state index >= 15 is 0 Å². The molecule has 1 rings (SSSR count). The first-order valence-corrected chi connectivity index (χ1v) is 4.78. The lowest BCUT2D eigenvalue weighted by Crippen LogP contribution is -2.09. The fraction of sp³-hybridized carbons (Fsp3) is 0.143. The van der Waals surface area contributed by atoms with Crippen LogP contribution in [0.2, 0.25) is 0 Å². The highest BCUT2D eigenvalue weighted by Crippen LogP contribution is 2.35. The normalized spacial score (nSPS) is 11.1. The average Bonchev–Trinajstić information content (AvgIpc) is 2.01. The number of hydrogen-bond donors (Lipinski definition) is 0. The quantitative estimate of drug-likeness (QED) is 0.683. The summed E-state index contributed by atoms with van der Waals surface area (Å²) in [7, 11) is 0. The highest BCUT2D eigenvalue weighted by molar-refractivity contribution is 9.11. The van der Waals surface area contributed by atoms with Crippen molar-refractivity contribution in [3.05, 3.63) is 26.4 Å². The van der Waals surface area contributed by atoms with Crippen molar-refractivity contribution in [2.45, 2.75) is 6.18 Å². The second-order valence-electron chi connectivity index (χ2n) is 2.27. The number of pyridine rings is 1. The Kier molecular flexibility index (Phi) is 3.17. The Hall–Kier alpha value is -0.610. The van der Waals surface area contributed by atoms with Gasteiger partial charge in [0, 0.05) is 0 Å². The first-order chi connectivity index (χ1) is 6.36. The van der Waals surface area contributed by atoms with Crippen molar-refractivity contribution in [1.29, 1.82) is 5.26 Å². The van der Waals surface area contributed by atoms with Gasteiger partial charge in [-0.15, -0.1) is 0 Å². The van der Waals surface area contributed by atoms with Crippen LogP contribution in [0.4, 0.5) is 13.2 Å². The first-order valence-electron chi connectivity index (χ1n) is 3.19. The van der Waals surface area contributed by atoms with Gasteiger partial charge in [0.05, 0.1) is 11.1 Å². The van der Waals surface area contributed by atoms with Crippen LogP contribution >= 0.6 is 31.9 Å². The van der Waals surface area contributed by atoms with Crippen LogP contribution in [-0.2, 0) is 6.18 Å². The molecule has 0 atom stereocenters. The van der Waals surface area contributed by atoms with E-state index in [4.69, 9.17) is 5.26 Å². The molecule has 1 aromatic heterocycles. The van der Waals surface area contributed by atoms with E-state index < -0.39 is 17.3 Å². The van der Waals surface area contributed by atoms with E-state index in [1.54, 1.807) is 0 Å². The molecule has 1 aromatic rings. The summed E-state index contributed by atoms with van der Waals surface area (Å²) >= 11 is 5.61. The minimum Gasteiger partial charge on any atom is -0.233 e. The Morgan fingerprint density at radius 1 is 1.36 bits per heavy atom.